The number of nitrogen functional groups attached to an aromatic ring is 1. The summed E-state index contributed by atoms with van der Waals surface area (Å²) in [5.41, 5.74) is 11.4. The third-order valence-electron chi connectivity index (χ3n) is 4.45. The van der Waals surface area contributed by atoms with Crippen LogP contribution in [0.5, 0.6) is 0 Å². The van der Waals surface area contributed by atoms with E-state index in [0.29, 0.717) is 6.42 Å². The molecule has 30 heavy (non-hydrogen) atoms. The molecule has 1 aromatic heterocycles. The van der Waals surface area contributed by atoms with Crippen LogP contribution in [0.2, 0.25) is 0 Å². The third-order valence-corrected chi connectivity index (χ3v) is 4.45. The highest BCUT2D eigenvalue weighted by Crippen LogP contribution is 2.28. The van der Waals surface area contributed by atoms with Gasteiger partial charge in [0.2, 0.25) is 0 Å². The Bertz CT molecular complexity index is 884. The van der Waals surface area contributed by atoms with Crippen LogP contribution in [-0.4, -0.2) is 56.7 Å². The van der Waals surface area contributed by atoms with Crippen molar-refractivity contribution in [3.8, 4) is 0 Å². The van der Waals surface area contributed by atoms with E-state index in [9.17, 15) is 19.8 Å². The van der Waals surface area contributed by atoms with Crippen molar-refractivity contribution >= 4 is 36.6 Å². The second-order valence-electron chi connectivity index (χ2n) is 6.51. The summed E-state index contributed by atoms with van der Waals surface area (Å²) in [6.07, 6.45) is -3.40. The molecule has 6 N–H and O–H groups in total. The molecule has 0 bridgehead atoms. The van der Waals surface area contributed by atoms with Gasteiger partial charge in [-0.3, -0.25) is 9.36 Å². The summed E-state index contributed by atoms with van der Waals surface area (Å²) in [5, 5.41) is 20.3. The Morgan fingerprint density at radius 2 is 1.87 bits per heavy atom. The van der Waals surface area contributed by atoms with Gasteiger partial charge >= 0.3 is 11.7 Å². The molecule has 1 fully saturated rings. The predicted octanol–water partition coefficient (Wildman–Crippen LogP) is -0.599. The van der Waals surface area contributed by atoms with Gasteiger partial charge in [-0.15, -0.1) is 24.8 Å². The number of aromatic nitrogens is 2. The SMILES string of the molecule is Cl.Cl.Nc1ccn([C@@H]2O[C@H](COC(=O)[C@@H](N)Cc3ccccc3)[C@@H](O)[C@@H]2O)c(=O)n1. The lowest BCUT2D eigenvalue weighted by atomic mass is 10.1. The van der Waals surface area contributed by atoms with Crippen molar-refractivity contribution in [1.29, 1.82) is 0 Å². The van der Waals surface area contributed by atoms with Crippen LogP contribution in [0.1, 0.15) is 11.8 Å². The van der Waals surface area contributed by atoms with Crippen LogP contribution in [0.25, 0.3) is 0 Å². The molecule has 10 nitrogen and oxygen atoms in total. The zero-order valence-corrected chi connectivity index (χ0v) is 17.4. The number of carbonyl (C=O) groups is 1. The van der Waals surface area contributed by atoms with Crippen LogP contribution >= 0.6 is 24.8 Å². The van der Waals surface area contributed by atoms with E-state index in [0.717, 1.165) is 10.1 Å². The molecular formula is C18H24Cl2N4O6. The van der Waals surface area contributed by atoms with Gasteiger partial charge in [-0.25, -0.2) is 4.79 Å². The number of rotatable bonds is 6. The fraction of sp³-hybridized carbons (Fsp3) is 0.389. The lowest BCUT2D eigenvalue weighted by Crippen LogP contribution is -2.39. The highest BCUT2D eigenvalue weighted by atomic mass is 35.5. The molecule has 0 unspecified atom stereocenters. The standard InChI is InChI=1S/C18H22N4O6.2ClH/c19-11(8-10-4-2-1-3-5-10)17(25)27-9-12-14(23)15(24)16(28-12)22-7-6-13(20)21-18(22)26;;/h1-7,11-12,14-16,23-24H,8-9,19H2,(H2,20,21,26);2*1H/t11-,12+,14+,15-,16+;;/m0../s1. The molecule has 0 saturated carbocycles. The first-order valence-corrected chi connectivity index (χ1v) is 8.69. The number of nitrogens with zero attached hydrogens (tertiary/aromatic N) is 2. The fourth-order valence-electron chi connectivity index (χ4n) is 2.94. The maximum atomic E-state index is 12.1. The number of anilines is 1. The largest absolute Gasteiger partial charge is 0.462 e. The average molecular weight is 463 g/mol. The number of esters is 1. The summed E-state index contributed by atoms with van der Waals surface area (Å²) in [5.74, 6) is -0.643. The quantitative estimate of drug-likeness (QED) is 0.410. The van der Waals surface area contributed by atoms with Crippen molar-refractivity contribution in [3.63, 3.8) is 0 Å². The predicted molar refractivity (Wildman–Crippen MR) is 112 cm³/mol. The first kappa shape index (κ1) is 25.8. The fourth-order valence-corrected chi connectivity index (χ4v) is 2.94. The van der Waals surface area contributed by atoms with Crippen LogP contribution in [0.3, 0.4) is 0 Å². The van der Waals surface area contributed by atoms with E-state index in [1.165, 1.54) is 12.3 Å². The van der Waals surface area contributed by atoms with Gasteiger partial charge in [0.05, 0.1) is 0 Å². The van der Waals surface area contributed by atoms with E-state index in [1.54, 1.807) is 0 Å². The summed E-state index contributed by atoms with van der Waals surface area (Å²) in [4.78, 5) is 27.6. The van der Waals surface area contributed by atoms with Crippen molar-refractivity contribution in [2.45, 2.75) is 37.0 Å². The number of ether oxygens (including phenoxy) is 2. The zero-order chi connectivity index (χ0) is 20.3. The molecule has 1 saturated heterocycles. The van der Waals surface area contributed by atoms with Gasteiger partial charge in [-0.2, -0.15) is 4.98 Å². The second kappa shape index (κ2) is 11.3. The Morgan fingerprint density at radius 1 is 1.20 bits per heavy atom. The number of aliphatic hydroxyl groups excluding tert-OH is 2. The lowest BCUT2D eigenvalue weighted by Gasteiger charge is -2.17. The monoisotopic (exact) mass is 462 g/mol. The highest BCUT2D eigenvalue weighted by molar-refractivity contribution is 5.85. The molecule has 5 atom stereocenters. The molecule has 1 aliphatic heterocycles. The van der Waals surface area contributed by atoms with E-state index < -0.39 is 42.2 Å². The summed E-state index contributed by atoms with van der Waals surface area (Å²) in [6, 6.07) is 9.70. The van der Waals surface area contributed by atoms with Crippen molar-refractivity contribution in [2.24, 2.45) is 5.73 Å². The van der Waals surface area contributed by atoms with Gasteiger partial charge in [0.15, 0.2) is 6.23 Å². The van der Waals surface area contributed by atoms with Gasteiger partial charge in [0.1, 0.15) is 36.8 Å². The number of hydrogen-bond donors (Lipinski definition) is 4. The van der Waals surface area contributed by atoms with Crippen LogP contribution in [-0.2, 0) is 20.7 Å². The Balaban J connectivity index is 0.00000225. The van der Waals surface area contributed by atoms with Crippen LogP contribution < -0.4 is 17.2 Å². The van der Waals surface area contributed by atoms with E-state index in [2.05, 4.69) is 4.98 Å². The summed E-state index contributed by atoms with van der Waals surface area (Å²) >= 11 is 0. The number of benzene rings is 1. The molecule has 3 rings (SSSR count). The van der Waals surface area contributed by atoms with Crippen molar-refractivity contribution < 1.29 is 24.5 Å². The van der Waals surface area contributed by atoms with E-state index in [-0.39, 0.29) is 37.2 Å². The lowest BCUT2D eigenvalue weighted by molar-refractivity contribution is -0.151. The Kier molecular flexibility index (Phi) is 9.69. The van der Waals surface area contributed by atoms with Crippen molar-refractivity contribution in [2.75, 3.05) is 12.3 Å². The van der Waals surface area contributed by atoms with Gasteiger partial charge in [-0.1, -0.05) is 30.3 Å². The third kappa shape index (κ3) is 5.91. The van der Waals surface area contributed by atoms with E-state index >= 15 is 0 Å². The maximum absolute atomic E-state index is 12.1. The van der Waals surface area contributed by atoms with Gasteiger partial charge in [0.25, 0.3) is 0 Å². The van der Waals surface area contributed by atoms with Crippen LogP contribution in [0.4, 0.5) is 5.82 Å². The van der Waals surface area contributed by atoms with Crippen LogP contribution in [0.15, 0.2) is 47.4 Å². The second-order valence-corrected chi connectivity index (χ2v) is 6.51. The first-order chi connectivity index (χ1) is 13.4. The first-order valence-electron chi connectivity index (χ1n) is 8.69. The van der Waals surface area contributed by atoms with Crippen molar-refractivity contribution in [1.82, 2.24) is 9.55 Å². The number of aliphatic hydroxyl groups is 2. The van der Waals surface area contributed by atoms with E-state index in [4.69, 9.17) is 20.9 Å². The molecule has 0 aliphatic carbocycles. The van der Waals surface area contributed by atoms with Gasteiger partial charge < -0.3 is 31.2 Å². The minimum Gasteiger partial charge on any atom is -0.462 e. The maximum Gasteiger partial charge on any atom is 0.351 e. The molecule has 1 aliphatic rings. The Hall–Kier alpha value is -2.21. The zero-order valence-electron chi connectivity index (χ0n) is 15.7. The smallest absolute Gasteiger partial charge is 0.351 e. The average Bonchev–Trinajstić information content (AvgIpc) is 2.95. The Labute approximate surface area is 184 Å². The number of carbonyl (C=O) groups excluding carboxylic acids is 1. The van der Waals surface area contributed by atoms with Gasteiger partial charge in [-0.05, 0) is 18.1 Å². The van der Waals surface area contributed by atoms with E-state index in [1.807, 2.05) is 30.3 Å². The molecular weight excluding hydrogens is 439 g/mol. The normalized spacial score (nSPS) is 23.7. The molecule has 0 radical (unpaired) electrons. The molecule has 1 aromatic carbocycles. The minimum atomic E-state index is -1.41. The molecule has 166 valence electrons. The Morgan fingerprint density at radius 3 is 2.50 bits per heavy atom. The summed E-state index contributed by atoms with van der Waals surface area (Å²) in [6.45, 7) is -0.326. The van der Waals surface area contributed by atoms with Crippen molar-refractivity contribution in [3.05, 3.63) is 58.6 Å². The molecule has 2 heterocycles. The highest BCUT2D eigenvalue weighted by Gasteiger charge is 2.44. The number of nitrogens with two attached hydrogens (primary N) is 2. The summed E-state index contributed by atoms with van der Waals surface area (Å²) < 4.78 is 11.6. The summed E-state index contributed by atoms with van der Waals surface area (Å²) in [7, 11) is 0. The minimum absolute atomic E-state index is 0. The molecule has 0 spiro atoms. The molecule has 12 heteroatoms. The topological polar surface area (TPSA) is 163 Å². The molecule has 2 aromatic rings. The van der Waals surface area contributed by atoms with Crippen LogP contribution in [0, 0.1) is 0 Å². The van der Waals surface area contributed by atoms with Gasteiger partial charge in [0, 0.05) is 6.20 Å². The number of halogens is 2. The molecule has 0 amide bonds. The number of hydrogen-bond acceptors (Lipinski definition) is 9.